The summed E-state index contributed by atoms with van der Waals surface area (Å²) in [5.41, 5.74) is 8.88. The van der Waals surface area contributed by atoms with Crippen LogP contribution in [-0.4, -0.2) is 118 Å². The summed E-state index contributed by atoms with van der Waals surface area (Å²) in [6.07, 6.45) is 1.07. The van der Waals surface area contributed by atoms with Gasteiger partial charge in [-0.25, -0.2) is 0 Å². The van der Waals surface area contributed by atoms with E-state index in [4.69, 9.17) is 14.2 Å². The van der Waals surface area contributed by atoms with Crippen LogP contribution in [0.5, 0.6) is 17.2 Å². The molecule has 4 aromatic carbocycles. The zero-order valence-corrected chi connectivity index (χ0v) is 31.5. The fourth-order valence-electron chi connectivity index (χ4n) is 7.30. The van der Waals surface area contributed by atoms with Gasteiger partial charge in [-0.05, 0) is 116 Å². The van der Waals surface area contributed by atoms with Crippen molar-refractivity contribution in [2.24, 2.45) is 0 Å². The lowest BCUT2D eigenvalue weighted by Crippen LogP contribution is -2.50. The Bertz CT molecular complexity index is 1830. The molecule has 2 fully saturated rings. The van der Waals surface area contributed by atoms with Gasteiger partial charge >= 0.3 is 0 Å². The predicted molar refractivity (Wildman–Crippen MR) is 207 cm³/mol. The predicted octanol–water partition coefficient (Wildman–Crippen LogP) is 6.58. The first-order valence-corrected chi connectivity index (χ1v) is 18.3. The van der Waals surface area contributed by atoms with Gasteiger partial charge in [-0.15, -0.1) is 0 Å². The number of hydrogen-bond donors (Lipinski definition) is 0. The van der Waals surface area contributed by atoms with Crippen LogP contribution in [0.15, 0.2) is 72.8 Å². The van der Waals surface area contributed by atoms with Gasteiger partial charge in [0, 0.05) is 69.0 Å². The summed E-state index contributed by atoms with van der Waals surface area (Å²) >= 11 is 0. The van der Waals surface area contributed by atoms with Crippen molar-refractivity contribution < 1.29 is 23.8 Å². The number of aryl methyl sites for hydroxylation is 1. The second-order valence-electron chi connectivity index (χ2n) is 13.9. The van der Waals surface area contributed by atoms with Crippen molar-refractivity contribution in [1.82, 2.24) is 19.6 Å². The number of hydrogen-bond acceptors (Lipinski definition) is 7. The number of ether oxygens (including phenoxy) is 3. The van der Waals surface area contributed by atoms with Crippen LogP contribution in [-0.2, 0) is 0 Å². The minimum atomic E-state index is 0.0793. The number of carbonyl (C=O) groups excluding carboxylic acids is 2. The standard InChI is InChI=1S/C43H52N4O5/c1-30-26-37(27-39(50-4)31(30)2)33-8-12-35(13-9-33)42(48)46-22-18-44(19-23-46)16-7-17-45-20-24-47(25-21-45)43(49)36-14-10-34(11-15-36)38-28-40(51-5)32(3)41(29-38)52-6/h8-15,26-29H,7,16-25H2,1-6H3. The van der Waals surface area contributed by atoms with Crippen LogP contribution in [0.4, 0.5) is 0 Å². The third kappa shape index (κ3) is 8.27. The number of piperazine rings is 2. The average Bonchev–Trinajstić information content (AvgIpc) is 3.19. The van der Waals surface area contributed by atoms with Gasteiger partial charge in [-0.3, -0.25) is 19.4 Å². The molecule has 0 radical (unpaired) electrons. The first kappa shape index (κ1) is 36.9. The molecule has 2 aliphatic rings. The molecule has 4 aromatic rings. The summed E-state index contributed by atoms with van der Waals surface area (Å²) in [4.78, 5) is 35.5. The van der Waals surface area contributed by atoms with E-state index in [0.717, 1.165) is 128 Å². The summed E-state index contributed by atoms with van der Waals surface area (Å²) in [7, 11) is 5.02. The Morgan fingerprint density at radius 2 is 0.865 bits per heavy atom. The van der Waals surface area contributed by atoms with Gasteiger partial charge in [0.2, 0.25) is 0 Å². The third-order valence-electron chi connectivity index (χ3n) is 10.8. The monoisotopic (exact) mass is 704 g/mol. The van der Waals surface area contributed by atoms with Crippen LogP contribution in [0, 0.1) is 20.8 Å². The average molecular weight is 705 g/mol. The van der Waals surface area contributed by atoms with Crippen LogP contribution in [0.25, 0.3) is 22.3 Å². The maximum atomic E-state index is 13.3. The topological polar surface area (TPSA) is 74.8 Å². The second kappa shape index (κ2) is 16.7. The molecule has 0 aliphatic carbocycles. The van der Waals surface area contributed by atoms with Crippen molar-refractivity contribution >= 4 is 11.8 Å². The zero-order chi connectivity index (χ0) is 36.8. The van der Waals surface area contributed by atoms with E-state index in [1.807, 2.05) is 77.4 Å². The molecule has 52 heavy (non-hydrogen) atoms. The van der Waals surface area contributed by atoms with Gasteiger partial charge in [0.1, 0.15) is 17.2 Å². The molecule has 274 valence electrons. The van der Waals surface area contributed by atoms with Crippen molar-refractivity contribution in [3.8, 4) is 39.5 Å². The molecule has 2 aliphatic heterocycles. The molecular weight excluding hydrogens is 652 g/mol. The molecule has 0 bridgehead atoms. The lowest BCUT2D eigenvalue weighted by molar-refractivity contribution is 0.0606. The van der Waals surface area contributed by atoms with E-state index in [-0.39, 0.29) is 11.8 Å². The van der Waals surface area contributed by atoms with Crippen LogP contribution >= 0.6 is 0 Å². The molecule has 0 unspecified atom stereocenters. The van der Waals surface area contributed by atoms with Crippen LogP contribution in [0.3, 0.4) is 0 Å². The van der Waals surface area contributed by atoms with Gasteiger partial charge in [0.05, 0.1) is 21.3 Å². The van der Waals surface area contributed by atoms with E-state index in [1.54, 1.807) is 21.3 Å². The molecule has 0 atom stereocenters. The smallest absolute Gasteiger partial charge is 0.253 e. The molecular formula is C43H52N4O5. The highest BCUT2D eigenvalue weighted by atomic mass is 16.5. The van der Waals surface area contributed by atoms with Crippen molar-refractivity contribution in [2.45, 2.75) is 27.2 Å². The maximum absolute atomic E-state index is 13.3. The molecule has 0 spiro atoms. The molecule has 6 rings (SSSR count). The highest BCUT2D eigenvalue weighted by Gasteiger charge is 2.24. The summed E-state index contributed by atoms with van der Waals surface area (Å²) in [6, 6.07) is 24.0. The lowest BCUT2D eigenvalue weighted by atomic mass is 9.98. The minimum Gasteiger partial charge on any atom is -0.496 e. The van der Waals surface area contributed by atoms with Crippen molar-refractivity contribution in [3.05, 3.63) is 101 Å². The van der Waals surface area contributed by atoms with E-state index < -0.39 is 0 Å². The van der Waals surface area contributed by atoms with Gasteiger partial charge in [0.25, 0.3) is 11.8 Å². The van der Waals surface area contributed by atoms with E-state index in [1.165, 1.54) is 5.56 Å². The number of amides is 2. The Hall–Kier alpha value is -4.86. The van der Waals surface area contributed by atoms with Gasteiger partial charge < -0.3 is 24.0 Å². The van der Waals surface area contributed by atoms with E-state index in [0.29, 0.717) is 5.56 Å². The van der Waals surface area contributed by atoms with E-state index in [9.17, 15) is 9.59 Å². The fourth-order valence-corrected chi connectivity index (χ4v) is 7.30. The Labute approximate surface area is 308 Å². The number of carbonyl (C=O) groups is 2. The van der Waals surface area contributed by atoms with Gasteiger partial charge in [0.15, 0.2) is 0 Å². The molecule has 0 aromatic heterocycles. The van der Waals surface area contributed by atoms with Crippen LogP contribution < -0.4 is 14.2 Å². The highest BCUT2D eigenvalue weighted by Crippen LogP contribution is 2.35. The lowest BCUT2D eigenvalue weighted by Gasteiger charge is -2.37. The van der Waals surface area contributed by atoms with Crippen LogP contribution in [0.2, 0.25) is 0 Å². The second-order valence-corrected chi connectivity index (χ2v) is 13.9. The normalized spacial score (nSPS) is 15.4. The van der Waals surface area contributed by atoms with Crippen molar-refractivity contribution in [3.63, 3.8) is 0 Å². The number of methoxy groups -OCH3 is 3. The number of rotatable bonds is 11. The molecule has 9 heteroatoms. The molecule has 9 nitrogen and oxygen atoms in total. The molecule has 2 amide bonds. The molecule has 0 saturated carbocycles. The Morgan fingerprint density at radius 1 is 0.500 bits per heavy atom. The summed E-state index contributed by atoms with van der Waals surface area (Å²) in [5, 5.41) is 0. The highest BCUT2D eigenvalue weighted by molar-refractivity contribution is 5.95. The number of nitrogens with zero attached hydrogens (tertiary/aromatic N) is 4. The van der Waals surface area contributed by atoms with E-state index >= 15 is 0 Å². The number of benzene rings is 4. The van der Waals surface area contributed by atoms with E-state index in [2.05, 4.69) is 35.8 Å². The quantitative estimate of drug-likeness (QED) is 0.175. The van der Waals surface area contributed by atoms with Crippen LogP contribution in [0.1, 0.15) is 43.8 Å². The third-order valence-corrected chi connectivity index (χ3v) is 10.8. The maximum Gasteiger partial charge on any atom is 0.253 e. The summed E-state index contributed by atoms with van der Waals surface area (Å²) in [5.74, 6) is 2.60. The van der Waals surface area contributed by atoms with Crippen molar-refractivity contribution in [2.75, 3.05) is 86.8 Å². The molecule has 2 heterocycles. The largest absolute Gasteiger partial charge is 0.496 e. The Balaban J connectivity index is 0.912. The SMILES string of the molecule is COc1cc(-c2ccc(C(=O)N3CCN(CCCN4CCN(C(=O)c5ccc(-c6cc(OC)c(C)c(OC)c6)cc5)CC4)CC3)cc2)cc(C)c1C. The Morgan fingerprint density at radius 3 is 1.25 bits per heavy atom. The van der Waals surface area contributed by atoms with Gasteiger partial charge in [-0.2, -0.15) is 0 Å². The first-order valence-electron chi connectivity index (χ1n) is 18.3. The van der Waals surface area contributed by atoms with Crippen molar-refractivity contribution in [1.29, 1.82) is 0 Å². The Kier molecular flexibility index (Phi) is 11.8. The first-order chi connectivity index (χ1) is 25.2. The minimum absolute atomic E-state index is 0.0793. The molecule has 2 saturated heterocycles. The zero-order valence-electron chi connectivity index (χ0n) is 31.5. The summed E-state index contributed by atoms with van der Waals surface area (Å²) in [6.45, 7) is 14.6. The fraction of sp³-hybridized carbons (Fsp3) is 0.395. The van der Waals surface area contributed by atoms with Gasteiger partial charge in [-0.1, -0.05) is 30.3 Å². The molecule has 0 N–H and O–H groups in total. The summed E-state index contributed by atoms with van der Waals surface area (Å²) < 4.78 is 16.6.